The monoisotopic (exact) mass is 237 g/mol. The van der Waals surface area contributed by atoms with Crippen LogP contribution in [0, 0.1) is 0 Å². The first-order chi connectivity index (χ1) is 8.08. The van der Waals surface area contributed by atoms with Gasteiger partial charge in [-0.05, 0) is 51.3 Å². The van der Waals surface area contributed by atoms with E-state index in [1.165, 1.54) is 0 Å². The molecule has 0 aliphatic carbocycles. The van der Waals surface area contributed by atoms with Gasteiger partial charge < -0.3 is 20.7 Å². The fraction of sp³-hybridized carbons (Fsp3) is 0.417. The lowest BCUT2D eigenvalue weighted by Gasteiger charge is -2.10. The van der Waals surface area contributed by atoms with Gasteiger partial charge in [0.05, 0.1) is 0 Å². The smallest absolute Gasteiger partial charge is 0.410 e. The summed E-state index contributed by atoms with van der Waals surface area (Å²) in [6.07, 6.45) is 0.456. The fourth-order valence-electron chi connectivity index (χ4n) is 1.26. The number of nitrogen functional groups attached to an aromatic ring is 1. The molecule has 0 radical (unpaired) electrons. The summed E-state index contributed by atoms with van der Waals surface area (Å²) in [6.45, 7) is 1.54. The van der Waals surface area contributed by atoms with Crippen molar-refractivity contribution >= 4 is 11.8 Å². The Morgan fingerprint density at radius 3 is 2.59 bits per heavy atom. The number of hydrogen-bond donors (Lipinski definition) is 2. The summed E-state index contributed by atoms with van der Waals surface area (Å²) in [4.78, 5) is 13.4. The SMILES string of the molecule is CN(C)CCCNC(=O)Oc1ccc(N)cc1. The first kappa shape index (κ1) is 13.3. The van der Waals surface area contributed by atoms with Crippen molar-refractivity contribution in [1.82, 2.24) is 10.2 Å². The lowest BCUT2D eigenvalue weighted by Crippen LogP contribution is -2.29. The Hall–Kier alpha value is -1.75. The van der Waals surface area contributed by atoms with Crippen LogP contribution in [0.3, 0.4) is 0 Å². The molecule has 0 aliphatic rings. The normalized spacial score (nSPS) is 10.3. The quantitative estimate of drug-likeness (QED) is 0.598. The molecule has 0 spiro atoms. The molecule has 5 nitrogen and oxygen atoms in total. The topological polar surface area (TPSA) is 67.6 Å². The number of nitrogens with zero attached hydrogens (tertiary/aromatic N) is 1. The molecule has 0 fully saturated rings. The molecule has 0 bridgehead atoms. The van der Waals surface area contributed by atoms with Crippen LogP contribution in [0.1, 0.15) is 6.42 Å². The molecule has 0 saturated carbocycles. The zero-order valence-electron chi connectivity index (χ0n) is 10.3. The Bertz CT molecular complexity index is 349. The zero-order chi connectivity index (χ0) is 12.7. The van der Waals surface area contributed by atoms with Crippen molar-refractivity contribution < 1.29 is 9.53 Å². The zero-order valence-corrected chi connectivity index (χ0v) is 10.3. The van der Waals surface area contributed by atoms with E-state index in [0.717, 1.165) is 13.0 Å². The Morgan fingerprint density at radius 1 is 1.35 bits per heavy atom. The predicted octanol–water partition coefficient (Wildman–Crippen LogP) is 1.31. The molecule has 0 saturated heterocycles. The van der Waals surface area contributed by atoms with Crippen LogP contribution in [0.25, 0.3) is 0 Å². The van der Waals surface area contributed by atoms with Gasteiger partial charge in [-0.25, -0.2) is 4.79 Å². The molecule has 0 heterocycles. The summed E-state index contributed by atoms with van der Waals surface area (Å²) >= 11 is 0. The number of ether oxygens (including phenoxy) is 1. The molecule has 1 aromatic carbocycles. The highest BCUT2D eigenvalue weighted by Gasteiger charge is 2.02. The van der Waals surface area contributed by atoms with Gasteiger partial charge in [0, 0.05) is 12.2 Å². The predicted molar refractivity (Wildman–Crippen MR) is 68.1 cm³/mol. The highest BCUT2D eigenvalue weighted by atomic mass is 16.5. The van der Waals surface area contributed by atoms with E-state index in [0.29, 0.717) is 18.0 Å². The lowest BCUT2D eigenvalue weighted by atomic mass is 10.3. The molecule has 0 aliphatic heterocycles. The number of rotatable bonds is 5. The van der Waals surface area contributed by atoms with Crippen molar-refractivity contribution in [3.63, 3.8) is 0 Å². The van der Waals surface area contributed by atoms with Crippen LogP contribution in [0.2, 0.25) is 0 Å². The van der Waals surface area contributed by atoms with E-state index in [1.54, 1.807) is 24.3 Å². The van der Waals surface area contributed by atoms with Crippen molar-refractivity contribution in [3.05, 3.63) is 24.3 Å². The maximum atomic E-state index is 11.4. The minimum Gasteiger partial charge on any atom is -0.410 e. The van der Waals surface area contributed by atoms with Gasteiger partial charge in [-0.1, -0.05) is 0 Å². The maximum Gasteiger partial charge on any atom is 0.412 e. The van der Waals surface area contributed by atoms with Crippen LogP contribution in [-0.2, 0) is 0 Å². The lowest BCUT2D eigenvalue weighted by molar-refractivity contribution is 0.200. The van der Waals surface area contributed by atoms with Crippen molar-refractivity contribution in [2.24, 2.45) is 0 Å². The van der Waals surface area contributed by atoms with Crippen molar-refractivity contribution in [2.45, 2.75) is 6.42 Å². The molecule has 5 heteroatoms. The van der Waals surface area contributed by atoms with E-state index < -0.39 is 6.09 Å². The standard InChI is InChI=1S/C12H19N3O2/c1-15(2)9-3-8-14-12(16)17-11-6-4-10(13)5-7-11/h4-7H,3,8-9,13H2,1-2H3,(H,14,16). The fourth-order valence-corrected chi connectivity index (χ4v) is 1.26. The Morgan fingerprint density at radius 2 is 2.00 bits per heavy atom. The molecule has 0 unspecified atom stereocenters. The Balaban J connectivity index is 2.23. The third kappa shape index (κ3) is 5.77. The third-order valence-electron chi connectivity index (χ3n) is 2.14. The molecule has 17 heavy (non-hydrogen) atoms. The molecule has 3 N–H and O–H groups in total. The number of carbonyl (C=O) groups excluding carboxylic acids is 1. The Kier molecular flexibility index (Phi) is 5.29. The summed E-state index contributed by atoms with van der Waals surface area (Å²) in [5.41, 5.74) is 6.17. The third-order valence-corrected chi connectivity index (χ3v) is 2.14. The van der Waals surface area contributed by atoms with E-state index in [9.17, 15) is 4.79 Å². The minimum atomic E-state index is -0.437. The number of nitrogens with one attached hydrogen (secondary N) is 1. The number of carbonyl (C=O) groups is 1. The number of benzene rings is 1. The van der Waals surface area contributed by atoms with Gasteiger partial charge in [0.25, 0.3) is 0 Å². The first-order valence-electron chi connectivity index (χ1n) is 5.54. The average molecular weight is 237 g/mol. The van der Waals surface area contributed by atoms with Gasteiger partial charge in [-0.15, -0.1) is 0 Å². The molecule has 94 valence electrons. The second-order valence-corrected chi connectivity index (χ2v) is 4.04. The van der Waals surface area contributed by atoms with E-state index in [1.807, 2.05) is 14.1 Å². The molecular weight excluding hydrogens is 218 g/mol. The van der Waals surface area contributed by atoms with Crippen LogP contribution < -0.4 is 15.8 Å². The van der Waals surface area contributed by atoms with Gasteiger partial charge in [0.15, 0.2) is 0 Å². The van der Waals surface area contributed by atoms with Crippen LogP contribution in [-0.4, -0.2) is 38.2 Å². The number of anilines is 1. The average Bonchev–Trinajstić information content (AvgIpc) is 2.27. The van der Waals surface area contributed by atoms with Gasteiger partial charge in [-0.2, -0.15) is 0 Å². The number of amides is 1. The van der Waals surface area contributed by atoms with Crippen molar-refractivity contribution in [2.75, 3.05) is 32.9 Å². The first-order valence-corrected chi connectivity index (χ1v) is 5.54. The second kappa shape index (κ2) is 6.75. The maximum absolute atomic E-state index is 11.4. The molecule has 1 aromatic rings. The summed E-state index contributed by atoms with van der Waals surface area (Å²) < 4.78 is 5.06. The number of hydrogen-bond acceptors (Lipinski definition) is 4. The summed E-state index contributed by atoms with van der Waals surface area (Å²) in [5.74, 6) is 0.490. The van der Waals surface area contributed by atoms with Crippen molar-refractivity contribution in [3.8, 4) is 5.75 Å². The summed E-state index contributed by atoms with van der Waals surface area (Å²) in [5, 5.41) is 2.68. The van der Waals surface area contributed by atoms with E-state index in [4.69, 9.17) is 10.5 Å². The minimum absolute atomic E-state index is 0.437. The van der Waals surface area contributed by atoms with Crippen LogP contribution >= 0.6 is 0 Å². The van der Waals surface area contributed by atoms with Gasteiger partial charge in [0.2, 0.25) is 0 Å². The Labute approximate surface area is 102 Å². The molecule has 0 atom stereocenters. The van der Waals surface area contributed by atoms with E-state index in [-0.39, 0.29) is 0 Å². The molecule has 0 aromatic heterocycles. The van der Waals surface area contributed by atoms with Gasteiger partial charge in [-0.3, -0.25) is 0 Å². The molecular formula is C12H19N3O2. The van der Waals surface area contributed by atoms with E-state index in [2.05, 4.69) is 10.2 Å². The molecule has 1 rings (SSSR count). The van der Waals surface area contributed by atoms with Crippen LogP contribution in [0.5, 0.6) is 5.75 Å². The summed E-state index contributed by atoms with van der Waals surface area (Å²) in [7, 11) is 3.99. The number of nitrogens with two attached hydrogens (primary N) is 1. The van der Waals surface area contributed by atoms with Gasteiger partial charge >= 0.3 is 6.09 Å². The largest absolute Gasteiger partial charge is 0.412 e. The highest BCUT2D eigenvalue weighted by molar-refractivity contribution is 5.70. The van der Waals surface area contributed by atoms with Crippen molar-refractivity contribution in [1.29, 1.82) is 0 Å². The summed E-state index contributed by atoms with van der Waals surface area (Å²) in [6, 6.07) is 6.70. The highest BCUT2D eigenvalue weighted by Crippen LogP contribution is 2.12. The molecule has 1 amide bonds. The second-order valence-electron chi connectivity index (χ2n) is 4.04. The van der Waals surface area contributed by atoms with Gasteiger partial charge in [0.1, 0.15) is 5.75 Å². The van der Waals surface area contributed by atoms with E-state index >= 15 is 0 Å². The van der Waals surface area contributed by atoms with Crippen LogP contribution in [0.4, 0.5) is 10.5 Å². The van der Waals surface area contributed by atoms with Crippen LogP contribution in [0.15, 0.2) is 24.3 Å².